The number of para-hydroxylation sites is 2. The smallest absolute Gasteiger partial charge is 0.238 e. The lowest BCUT2D eigenvalue weighted by Gasteiger charge is -2.20. The van der Waals surface area contributed by atoms with Crippen molar-refractivity contribution in [1.82, 2.24) is 29.9 Å². The Kier molecular flexibility index (Phi) is 18.4. The average molecular weight is 1510 g/mol. The van der Waals surface area contributed by atoms with Crippen LogP contribution in [0.3, 0.4) is 0 Å². The molecule has 0 fully saturated rings. The van der Waals surface area contributed by atoms with E-state index >= 15 is 0 Å². The van der Waals surface area contributed by atoms with Gasteiger partial charge in [0, 0.05) is 97.0 Å². The fraction of sp³-hybridized carbons (Fsp3) is 0. The normalized spacial score (nSPS) is 11.5. The van der Waals surface area contributed by atoms with Gasteiger partial charge in [0.2, 0.25) is 7.49 Å². The van der Waals surface area contributed by atoms with E-state index in [0.29, 0.717) is 11.6 Å². The minimum absolute atomic E-state index is 0.653. The maximum atomic E-state index is 12.5. The molecule has 0 aliphatic rings. The van der Waals surface area contributed by atoms with E-state index < -0.39 is 7.49 Å². The van der Waals surface area contributed by atoms with Gasteiger partial charge in [-0.3, -0.25) is 0 Å². The summed E-state index contributed by atoms with van der Waals surface area (Å²) >= 11 is 1.86. The van der Waals surface area contributed by atoms with Crippen LogP contribution in [-0.2, 0) is 0 Å². The standard InChI is InChI=1S/C53H37N3OP.C53H33N3S/c57-58(42-20-9-3-10-21-42,43-22-11-4-12-23-43)44-34-32-39(33-35-44)50-36-49(55-53(56-50)41-18-7-2-8-19-41)38-30-28-37(29-31-38)45-25-15-26-47-51(45)46-24-13-14-27-48(46)54-52(47)40-16-5-1-6-17-40;1-3-13-38(14-4-1)51-45-22-11-19-40(50(45)44-18-7-9-23-46(44)54-51)34-25-29-36(30-26-34)47-33-48(56-53(55-47)39-15-5-2-6-16-39)37-31-27-35(28-32-37)41-20-12-21-43-42-17-8-10-24-49(42)57-52(41)43/h1-36,57H;1-33H/q+1;. The molecule has 7 nitrogen and oxygen atoms in total. The third-order valence-corrected chi connectivity index (χ3v) is 26.1. The zero-order chi connectivity index (χ0) is 76.6. The van der Waals surface area contributed by atoms with Crippen molar-refractivity contribution in [2.24, 2.45) is 0 Å². The number of benzene rings is 16. The number of rotatable bonds is 14. The van der Waals surface area contributed by atoms with Crippen molar-refractivity contribution in [1.29, 1.82) is 0 Å². The fourth-order valence-electron chi connectivity index (χ4n) is 16.1. The summed E-state index contributed by atoms with van der Waals surface area (Å²) < 4.78 is 2.63. The first-order valence-corrected chi connectivity index (χ1v) is 41.1. The number of pyridine rings is 2. The molecule has 0 aliphatic heterocycles. The third-order valence-electron chi connectivity index (χ3n) is 21.7. The summed E-state index contributed by atoms with van der Waals surface area (Å²) in [6.07, 6.45) is 0. The fourth-order valence-corrected chi connectivity index (χ4v) is 20.0. The van der Waals surface area contributed by atoms with Crippen LogP contribution in [0.25, 0.3) is 187 Å². The lowest BCUT2D eigenvalue weighted by molar-refractivity contribution is 0.633. The zero-order valence-electron chi connectivity index (χ0n) is 62.3. The lowest BCUT2D eigenvalue weighted by atomic mass is 9.92. The van der Waals surface area contributed by atoms with Gasteiger partial charge in [0.05, 0.1) is 45.2 Å². The number of aromatic nitrogens is 6. The van der Waals surface area contributed by atoms with Gasteiger partial charge in [0.25, 0.3) is 0 Å². The Morgan fingerprint density at radius 1 is 0.209 bits per heavy atom. The topological polar surface area (TPSA) is 97.6 Å². The van der Waals surface area contributed by atoms with E-state index in [-0.39, 0.29) is 0 Å². The first-order chi connectivity index (χ1) is 56.9. The third kappa shape index (κ3) is 13.4. The quantitative estimate of drug-likeness (QED) is 0.0855. The van der Waals surface area contributed by atoms with Crippen molar-refractivity contribution in [2.75, 3.05) is 0 Å². The molecule has 5 aromatic heterocycles. The van der Waals surface area contributed by atoms with Crippen LogP contribution in [0.2, 0.25) is 0 Å². The van der Waals surface area contributed by atoms with Crippen molar-refractivity contribution >= 4 is 98.3 Å². The van der Waals surface area contributed by atoms with Crippen molar-refractivity contribution in [2.45, 2.75) is 0 Å². The van der Waals surface area contributed by atoms with E-state index in [4.69, 9.17) is 29.9 Å². The highest BCUT2D eigenvalue weighted by Gasteiger charge is 2.44. The van der Waals surface area contributed by atoms with Crippen LogP contribution in [0.5, 0.6) is 0 Å². The largest absolute Gasteiger partial charge is 0.247 e. The molecule has 0 spiro atoms. The molecular weight excluding hydrogens is 1440 g/mol. The van der Waals surface area contributed by atoms with E-state index in [9.17, 15) is 4.89 Å². The minimum atomic E-state index is -2.87. The van der Waals surface area contributed by atoms with E-state index in [1.807, 2.05) is 133 Å². The van der Waals surface area contributed by atoms with Crippen LogP contribution in [0.4, 0.5) is 0 Å². The maximum absolute atomic E-state index is 12.5. The second kappa shape index (κ2) is 30.4. The molecule has 0 saturated carbocycles. The summed E-state index contributed by atoms with van der Waals surface area (Å²) in [6, 6.07) is 145. The van der Waals surface area contributed by atoms with Gasteiger partial charge in [0.1, 0.15) is 15.9 Å². The summed E-state index contributed by atoms with van der Waals surface area (Å²) in [6.45, 7) is 0. The molecule has 0 aliphatic carbocycles. The molecule has 0 saturated heterocycles. The molecule has 0 atom stereocenters. The van der Waals surface area contributed by atoms with E-state index in [2.05, 4.69) is 297 Å². The second-order valence-corrected chi connectivity index (χ2v) is 32.5. The lowest BCUT2D eigenvalue weighted by Crippen LogP contribution is -2.30. The maximum Gasteiger partial charge on any atom is 0.238 e. The van der Waals surface area contributed by atoms with Crippen LogP contribution in [0.1, 0.15) is 0 Å². The summed E-state index contributed by atoms with van der Waals surface area (Å²) in [5.41, 5.74) is 22.5. The SMILES string of the molecule is O[P+](c1ccccc1)(c1ccccc1)c1ccc(-c2cc(-c3ccc(-c4cccc5c(-c6ccccc6)nc6ccccc6c45)cc3)nc(-c3ccccc3)n2)cc1.c1ccc(-c2nc(-c3ccc(-c4cccc5c4sc4ccccc45)cc3)cc(-c3ccc(-c4cccc5c(-c6ccccc6)nc6ccccc6c45)cc3)n2)cc1. The van der Waals surface area contributed by atoms with Crippen molar-refractivity contribution in [3.8, 4) is 124 Å². The van der Waals surface area contributed by atoms with Gasteiger partial charge in [-0.05, 0) is 112 Å². The molecule has 21 rings (SSSR count). The van der Waals surface area contributed by atoms with Gasteiger partial charge < -0.3 is 0 Å². The number of hydrogen-bond acceptors (Lipinski definition) is 8. The molecule has 21 aromatic rings. The highest BCUT2D eigenvalue weighted by atomic mass is 32.1. The van der Waals surface area contributed by atoms with Crippen molar-refractivity contribution in [3.05, 3.63) is 419 Å². The Hall–Kier alpha value is -14.4. The Morgan fingerprint density at radius 3 is 0.913 bits per heavy atom. The van der Waals surface area contributed by atoms with Crippen LogP contribution in [0, 0.1) is 0 Å². The number of fused-ring (bicyclic) bond motifs is 9. The van der Waals surface area contributed by atoms with E-state index in [1.54, 1.807) is 0 Å². The molecular formula is C106H70N6OPS+. The van der Waals surface area contributed by atoms with Gasteiger partial charge in [0.15, 0.2) is 11.6 Å². The Balaban J connectivity index is 0.000000149. The molecule has 115 heavy (non-hydrogen) atoms. The van der Waals surface area contributed by atoms with Gasteiger partial charge >= 0.3 is 0 Å². The highest BCUT2D eigenvalue weighted by Crippen LogP contribution is 2.52. The Bertz CT molecular complexity index is 7120. The predicted molar refractivity (Wildman–Crippen MR) is 483 cm³/mol. The molecule has 0 bridgehead atoms. The number of hydrogen-bond donors (Lipinski definition) is 1. The van der Waals surface area contributed by atoms with E-state index in [0.717, 1.165) is 144 Å². The van der Waals surface area contributed by atoms with Crippen LogP contribution < -0.4 is 15.9 Å². The summed E-state index contributed by atoms with van der Waals surface area (Å²) in [4.78, 5) is 43.3. The molecule has 0 radical (unpaired) electrons. The summed E-state index contributed by atoms with van der Waals surface area (Å²) in [7, 11) is -2.87. The van der Waals surface area contributed by atoms with Gasteiger partial charge in [-0.25, -0.2) is 34.8 Å². The Labute approximate surface area is 670 Å². The van der Waals surface area contributed by atoms with Crippen molar-refractivity contribution in [3.63, 3.8) is 0 Å². The molecule has 1 N–H and O–H groups in total. The monoisotopic (exact) mass is 1510 g/mol. The van der Waals surface area contributed by atoms with Crippen molar-refractivity contribution < 1.29 is 4.89 Å². The molecule has 16 aromatic carbocycles. The highest BCUT2D eigenvalue weighted by molar-refractivity contribution is 7.91. The van der Waals surface area contributed by atoms with Crippen LogP contribution >= 0.6 is 18.8 Å². The molecule has 9 heteroatoms. The molecule has 5 heterocycles. The van der Waals surface area contributed by atoms with E-state index in [1.165, 1.54) is 47.6 Å². The average Bonchev–Trinajstić information content (AvgIpc) is 1.39. The Morgan fingerprint density at radius 2 is 0.504 bits per heavy atom. The first-order valence-electron chi connectivity index (χ1n) is 38.6. The molecule has 0 unspecified atom stereocenters. The van der Waals surface area contributed by atoms with Crippen LogP contribution in [0.15, 0.2) is 419 Å². The van der Waals surface area contributed by atoms with Gasteiger partial charge in [-0.2, -0.15) is 0 Å². The summed E-state index contributed by atoms with van der Waals surface area (Å²) in [5.74, 6) is 1.35. The number of thiophene rings is 1. The first kappa shape index (κ1) is 69.8. The molecule has 0 amide bonds. The van der Waals surface area contributed by atoms with Gasteiger partial charge in [-0.1, -0.05) is 340 Å². The summed E-state index contributed by atoms with van der Waals surface area (Å²) in [5, 5.41) is 12.3. The molecule has 540 valence electrons. The minimum Gasteiger partial charge on any atom is -0.247 e. The van der Waals surface area contributed by atoms with Gasteiger partial charge in [-0.15, -0.1) is 11.3 Å². The predicted octanol–water partition coefficient (Wildman–Crippen LogP) is 26.3. The second-order valence-electron chi connectivity index (χ2n) is 28.7. The zero-order valence-corrected chi connectivity index (χ0v) is 64.0. The van der Waals surface area contributed by atoms with Crippen LogP contribution in [-0.4, -0.2) is 34.8 Å². The number of nitrogens with zero attached hydrogens (tertiary/aromatic N) is 6.